The van der Waals surface area contributed by atoms with Gasteiger partial charge in [0.15, 0.2) is 0 Å². The van der Waals surface area contributed by atoms with Crippen molar-refractivity contribution in [2.45, 2.75) is 50.7 Å². The molecule has 0 aliphatic heterocycles. The zero-order chi connectivity index (χ0) is 17.7. The van der Waals surface area contributed by atoms with Gasteiger partial charge in [0.25, 0.3) is 0 Å². The maximum Gasteiger partial charge on any atom is 0.223 e. The van der Waals surface area contributed by atoms with E-state index in [0.717, 1.165) is 36.8 Å². The average molecular weight is 341 g/mol. The van der Waals surface area contributed by atoms with E-state index >= 15 is 0 Å². The molecule has 0 bridgehead atoms. The van der Waals surface area contributed by atoms with Crippen molar-refractivity contribution in [3.63, 3.8) is 0 Å². The molecule has 0 spiro atoms. The van der Waals surface area contributed by atoms with Crippen LogP contribution in [0.5, 0.6) is 0 Å². The van der Waals surface area contributed by atoms with Gasteiger partial charge in [0.1, 0.15) is 0 Å². The fourth-order valence-corrected chi connectivity index (χ4v) is 3.59. The van der Waals surface area contributed by atoms with Gasteiger partial charge in [0.05, 0.1) is 11.8 Å². The van der Waals surface area contributed by atoms with Gasteiger partial charge >= 0.3 is 0 Å². The van der Waals surface area contributed by atoms with Crippen LogP contribution in [0.15, 0.2) is 42.7 Å². The van der Waals surface area contributed by atoms with E-state index in [1.807, 2.05) is 48.5 Å². The molecular weight excluding hydrogens is 314 g/mol. The van der Waals surface area contributed by atoms with Crippen molar-refractivity contribution in [2.75, 3.05) is 6.54 Å². The van der Waals surface area contributed by atoms with Crippen LogP contribution in [0.3, 0.4) is 0 Å². The molecule has 1 heterocycles. The van der Waals surface area contributed by atoms with E-state index in [1.54, 1.807) is 10.9 Å². The molecule has 5 nitrogen and oxygen atoms in total. The van der Waals surface area contributed by atoms with Gasteiger partial charge < -0.3 is 10.0 Å². The number of hydrogen-bond acceptors (Lipinski definition) is 3. The Labute approximate surface area is 149 Å². The smallest absolute Gasteiger partial charge is 0.223 e. The van der Waals surface area contributed by atoms with E-state index < -0.39 is 5.60 Å². The number of amides is 1. The molecule has 0 radical (unpaired) electrons. The van der Waals surface area contributed by atoms with Crippen LogP contribution in [0.25, 0.3) is 0 Å². The van der Waals surface area contributed by atoms with Crippen LogP contribution in [0.4, 0.5) is 0 Å². The minimum Gasteiger partial charge on any atom is -0.388 e. The minimum atomic E-state index is -0.723. The van der Waals surface area contributed by atoms with Gasteiger partial charge in [-0.2, -0.15) is 5.10 Å². The number of hydrogen-bond donors (Lipinski definition) is 1. The van der Waals surface area contributed by atoms with Gasteiger partial charge in [0.2, 0.25) is 5.91 Å². The topological polar surface area (TPSA) is 58.4 Å². The van der Waals surface area contributed by atoms with Crippen LogP contribution < -0.4 is 0 Å². The molecule has 0 atom stereocenters. The molecular formula is C20H27N3O2. The van der Waals surface area contributed by atoms with E-state index in [0.29, 0.717) is 25.9 Å². The zero-order valence-electron chi connectivity index (χ0n) is 14.9. The summed E-state index contributed by atoms with van der Waals surface area (Å²) in [6.07, 6.45) is 8.52. The highest BCUT2D eigenvalue weighted by molar-refractivity contribution is 5.76. The molecule has 0 saturated heterocycles. The summed E-state index contributed by atoms with van der Waals surface area (Å²) >= 11 is 0. The first-order valence-electron chi connectivity index (χ1n) is 9.06. The first-order chi connectivity index (χ1) is 12.0. The predicted molar refractivity (Wildman–Crippen MR) is 96.8 cm³/mol. The van der Waals surface area contributed by atoms with Crippen molar-refractivity contribution in [1.82, 2.24) is 14.7 Å². The van der Waals surface area contributed by atoms with Gasteiger partial charge in [-0.25, -0.2) is 0 Å². The number of carbonyl (C=O) groups is 1. The van der Waals surface area contributed by atoms with Gasteiger partial charge in [0, 0.05) is 32.8 Å². The lowest BCUT2D eigenvalue weighted by Crippen LogP contribution is -2.43. The van der Waals surface area contributed by atoms with Crippen LogP contribution in [0.1, 0.15) is 43.2 Å². The van der Waals surface area contributed by atoms with Gasteiger partial charge in [-0.3, -0.25) is 9.48 Å². The Balaban J connectivity index is 1.66. The summed E-state index contributed by atoms with van der Waals surface area (Å²) in [4.78, 5) is 14.7. The molecule has 1 aliphatic rings. The monoisotopic (exact) mass is 341 g/mol. The van der Waals surface area contributed by atoms with Crippen molar-refractivity contribution in [3.05, 3.63) is 53.9 Å². The average Bonchev–Trinajstić information content (AvgIpc) is 3.21. The summed E-state index contributed by atoms with van der Waals surface area (Å²) in [5.41, 5.74) is 1.44. The molecule has 0 unspecified atom stereocenters. The minimum absolute atomic E-state index is 0.0908. The van der Waals surface area contributed by atoms with E-state index in [-0.39, 0.29) is 5.91 Å². The molecule has 1 aromatic heterocycles. The lowest BCUT2D eigenvalue weighted by atomic mass is 10.0. The van der Waals surface area contributed by atoms with Crippen molar-refractivity contribution in [3.8, 4) is 0 Å². The Bertz CT molecular complexity index is 690. The fraction of sp³-hybridized carbons (Fsp3) is 0.500. The first-order valence-corrected chi connectivity index (χ1v) is 9.06. The molecule has 5 heteroatoms. The molecule has 25 heavy (non-hydrogen) atoms. The Morgan fingerprint density at radius 3 is 2.60 bits per heavy atom. The second-order valence-corrected chi connectivity index (χ2v) is 7.19. The third kappa shape index (κ3) is 4.92. The third-order valence-electron chi connectivity index (χ3n) is 4.97. The SMILES string of the molecule is Cn1cc(CCC(=O)N(Cc2ccccc2)CC2(O)CCCC2)cn1. The normalized spacial score (nSPS) is 16.1. The standard InChI is InChI=1S/C20H27N3O2/c1-22-14-18(13-21-22)9-10-19(24)23(15-17-7-3-2-4-8-17)16-20(25)11-5-6-12-20/h2-4,7-8,13-14,25H,5-6,9-12,15-16H2,1H3. The van der Waals surface area contributed by atoms with Crippen molar-refractivity contribution < 1.29 is 9.90 Å². The van der Waals surface area contributed by atoms with Crippen molar-refractivity contribution >= 4 is 5.91 Å². The van der Waals surface area contributed by atoms with Crippen LogP contribution in [-0.4, -0.2) is 37.8 Å². The largest absolute Gasteiger partial charge is 0.388 e. The molecule has 1 fully saturated rings. The quantitative estimate of drug-likeness (QED) is 0.842. The zero-order valence-corrected chi connectivity index (χ0v) is 14.9. The van der Waals surface area contributed by atoms with Crippen LogP contribution in [0, 0.1) is 0 Å². The molecule has 1 saturated carbocycles. The first kappa shape index (κ1) is 17.7. The lowest BCUT2D eigenvalue weighted by molar-refractivity contribution is -0.135. The molecule has 1 aromatic carbocycles. The number of aryl methyl sites for hydroxylation is 2. The van der Waals surface area contributed by atoms with Crippen molar-refractivity contribution in [1.29, 1.82) is 0 Å². The Kier molecular flexibility index (Phi) is 5.53. The number of aromatic nitrogens is 2. The van der Waals surface area contributed by atoms with Crippen molar-refractivity contribution in [2.24, 2.45) is 7.05 Å². The van der Waals surface area contributed by atoms with Gasteiger partial charge in [-0.05, 0) is 30.4 Å². The highest BCUT2D eigenvalue weighted by Gasteiger charge is 2.34. The van der Waals surface area contributed by atoms with E-state index in [4.69, 9.17) is 0 Å². The number of benzene rings is 1. The molecule has 1 N–H and O–H groups in total. The summed E-state index contributed by atoms with van der Waals surface area (Å²) in [6, 6.07) is 10.00. The van der Waals surface area contributed by atoms with Crippen LogP contribution >= 0.6 is 0 Å². The van der Waals surface area contributed by atoms with E-state index in [1.165, 1.54) is 0 Å². The summed E-state index contributed by atoms with van der Waals surface area (Å²) in [5, 5.41) is 14.9. The van der Waals surface area contributed by atoms with Crippen LogP contribution in [0.2, 0.25) is 0 Å². The Hall–Kier alpha value is -2.14. The highest BCUT2D eigenvalue weighted by atomic mass is 16.3. The van der Waals surface area contributed by atoms with Gasteiger partial charge in [-0.1, -0.05) is 43.2 Å². The molecule has 3 rings (SSSR count). The maximum absolute atomic E-state index is 12.8. The lowest BCUT2D eigenvalue weighted by Gasteiger charge is -2.31. The molecule has 1 amide bonds. The second kappa shape index (κ2) is 7.83. The fourth-order valence-electron chi connectivity index (χ4n) is 3.59. The maximum atomic E-state index is 12.8. The third-order valence-corrected chi connectivity index (χ3v) is 4.97. The number of aliphatic hydroxyl groups is 1. The van der Waals surface area contributed by atoms with Gasteiger partial charge in [-0.15, -0.1) is 0 Å². The highest BCUT2D eigenvalue weighted by Crippen LogP contribution is 2.30. The number of rotatable bonds is 7. The molecule has 134 valence electrons. The Morgan fingerprint density at radius 1 is 1.24 bits per heavy atom. The summed E-state index contributed by atoms with van der Waals surface area (Å²) in [7, 11) is 1.88. The predicted octanol–water partition coefficient (Wildman–Crippen LogP) is 2.69. The van der Waals surface area contributed by atoms with Crippen LogP contribution in [-0.2, 0) is 24.8 Å². The van der Waals surface area contributed by atoms with E-state index in [2.05, 4.69) is 5.10 Å². The Morgan fingerprint density at radius 2 is 1.96 bits per heavy atom. The molecule has 2 aromatic rings. The summed E-state index contributed by atoms with van der Waals surface area (Å²) < 4.78 is 1.75. The van der Waals surface area contributed by atoms with E-state index in [9.17, 15) is 9.90 Å². The second-order valence-electron chi connectivity index (χ2n) is 7.19. The summed E-state index contributed by atoms with van der Waals surface area (Å²) in [5.74, 6) is 0.0908. The number of nitrogens with zero attached hydrogens (tertiary/aromatic N) is 3. The molecule has 1 aliphatic carbocycles. The summed E-state index contributed by atoms with van der Waals surface area (Å²) in [6.45, 7) is 0.975. The number of carbonyl (C=O) groups excluding carboxylic acids is 1.